The summed E-state index contributed by atoms with van der Waals surface area (Å²) in [5.74, 6) is 0. The van der Waals surface area contributed by atoms with E-state index in [9.17, 15) is 8.42 Å². The molecule has 0 bridgehead atoms. The van der Waals surface area contributed by atoms with Gasteiger partial charge in [0, 0.05) is 22.4 Å². The Morgan fingerprint density at radius 1 is 1.27 bits per heavy atom. The Balaban J connectivity index is 0. The van der Waals surface area contributed by atoms with Gasteiger partial charge in [0.05, 0.1) is 4.90 Å². The summed E-state index contributed by atoms with van der Waals surface area (Å²) in [4.78, 5) is -0.186. The van der Waals surface area contributed by atoms with Crippen molar-refractivity contribution in [3.63, 3.8) is 0 Å². The summed E-state index contributed by atoms with van der Waals surface area (Å²) in [6.45, 7) is 0. The average molecular weight is 331 g/mol. The fourth-order valence-corrected chi connectivity index (χ4v) is 1.48. The number of nitrogens with zero attached hydrogens (tertiary/aromatic N) is 2. The van der Waals surface area contributed by atoms with Gasteiger partial charge in [0.1, 0.15) is 11.0 Å². The summed E-state index contributed by atoms with van der Waals surface area (Å²) in [5, 5.41) is 9.75. The van der Waals surface area contributed by atoms with Gasteiger partial charge in [0.2, 0.25) is 0 Å². The fourth-order valence-electron chi connectivity index (χ4n) is 0.981. The van der Waals surface area contributed by atoms with Crippen molar-refractivity contribution in [2.45, 2.75) is 4.90 Å². The van der Waals surface area contributed by atoms with Gasteiger partial charge in [0.25, 0.3) is 10.1 Å². The number of rotatable bonds is 1. The minimum Gasteiger partial charge on any atom is -1.00 e. The van der Waals surface area contributed by atoms with E-state index >= 15 is 0 Å². The van der Waals surface area contributed by atoms with E-state index in [2.05, 4.69) is 15.4 Å². The molecule has 0 aliphatic rings. The summed E-state index contributed by atoms with van der Waals surface area (Å²) in [6, 6.07) is 3.97. The first-order valence-corrected chi connectivity index (χ1v) is 4.79. The van der Waals surface area contributed by atoms with Gasteiger partial charge in [-0.25, -0.2) is 0 Å². The molecule has 2 rings (SSSR count). The number of aromatic amines is 1. The van der Waals surface area contributed by atoms with E-state index in [4.69, 9.17) is 4.55 Å². The van der Waals surface area contributed by atoms with Gasteiger partial charge >= 0.3 is 29.6 Å². The van der Waals surface area contributed by atoms with Gasteiger partial charge in [-0.05, 0) is 18.2 Å². The predicted octanol–water partition coefficient (Wildman–Crippen LogP) is -2.68. The van der Waals surface area contributed by atoms with Crippen LogP contribution in [0.1, 0.15) is 1.43 Å². The smallest absolute Gasteiger partial charge is 1.00 e. The third-order valence-electron chi connectivity index (χ3n) is 1.59. The number of aromatic nitrogens is 3. The fraction of sp³-hybridized carbons (Fsp3) is 0. The molecule has 0 saturated heterocycles. The van der Waals surface area contributed by atoms with E-state index in [1.54, 1.807) is 0 Å². The number of nitrogens with one attached hydrogen (secondary N) is 1. The van der Waals surface area contributed by atoms with E-state index in [-0.39, 0.29) is 58.3 Å². The largest absolute Gasteiger partial charge is 1.00 e. The number of H-pyrrole nitrogens is 1. The molecule has 0 saturated carbocycles. The molecule has 2 N–H and O–H groups in total. The van der Waals surface area contributed by atoms with Gasteiger partial charge in [0.15, 0.2) is 0 Å². The molecule has 0 unspecified atom stereocenters. The Morgan fingerprint density at radius 2 is 1.87 bits per heavy atom. The van der Waals surface area contributed by atoms with E-state index in [1.165, 1.54) is 18.2 Å². The zero-order valence-corrected chi connectivity index (χ0v) is 11.9. The topological polar surface area (TPSA) is 95.9 Å². The normalized spacial score (nSPS) is 10.5. The summed E-state index contributed by atoms with van der Waals surface area (Å²) in [7, 11) is -4.15. The van der Waals surface area contributed by atoms with Crippen molar-refractivity contribution in [2.24, 2.45) is 0 Å². The zero-order chi connectivity index (χ0) is 9.47. The molecule has 1 heterocycles. The Kier molecular flexibility index (Phi) is 5.65. The molecule has 0 atom stereocenters. The SMILES string of the molecule is O=S(=O)(O)c1ccc2n[nH]nc2c1.[Ag].[H-].[Na+]. The molecular formula is C6H6AgN3NaO3S. The minimum absolute atomic E-state index is 0. The van der Waals surface area contributed by atoms with E-state index < -0.39 is 10.1 Å². The first kappa shape index (κ1) is 15.3. The first-order chi connectivity index (χ1) is 6.07. The maximum atomic E-state index is 10.7. The minimum atomic E-state index is -4.15. The maximum absolute atomic E-state index is 10.7. The molecule has 15 heavy (non-hydrogen) atoms. The van der Waals surface area contributed by atoms with Crippen LogP contribution in [0, 0.1) is 0 Å². The molecule has 0 aliphatic carbocycles. The van der Waals surface area contributed by atoms with Crippen molar-refractivity contribution in [3.8, 4) is 0 Å². The molecule has 1 aromatic carbocycles. The second-order valence-electron chi connectivity index (χ2n) is 2.45. The van der Waals surface area contributed by atoms with E-state index in [1.807, 2.05) is 0 Å². The number of hydrogen-bond donors (Lipinski definition) is 2. The van der Waals surface area contributed by atoms with Crippen LogP contribution in [0.4, 0.5) is 0 Å². The van der Waals surface area contributed by atoms with Crippen LogP contribution in [-0.4, -0.2) is 28.4 Å². The van der Waals surface area contributed by atoms with Gasteiger partial charge in [-0.1, -0.05) is 0 Å². The Bertz CT molecular complexity index is 561. The standard InChI is InChI=1S/C6H5N3O3S.Ag.Na.H/c10-13(11,12)4-1-2-5-6(3-4)8-9-7-5;;;/h1-3H,(H,7,8,9)(H,10,11,12);;;/q;;+1;-1. The van der Waals surface area contributed by atoms with E-state index in [0.29, 0.717) is 11.0 Å². The van der Waals surface area contributed by atoms with Crippen molar-refractivity contribution in [3.05, 3.63) is 18.2 Å². The monoisotopic (exact) mass is 330 g/mol. The number of benzene rings is 1. The van der Waals surface area contributed by atoms with Crippen LogP contribution in [0.25, 0.3) is 11.0 Å². The van der Waals surface area contributed by atoms with Crippen LogP contribution in [-0.2, 0) is 32.5 Å². The Morgan fingerprint density at radius 3 is 2.47 bits per heavy atom. The molecule has 0 spiro atoms. The Hall–Kier alpha value is 0.270. The van der Waals surface area contributed by atoms with Crippen molar-refractivity contribution in [2.75, 3.05) is 0 Å². The Labute approximate surface area is 125 Å². The molecule has 81 valence electrons. The number of fused-ring (bicyclic) bond motifs is 1. The van der Waals surface area contributed by atoms with Gasteiger partial charge in [-0.2, -0.15) is 23.8 Å². The third kappa shape index (κ3) is 3.36. The van der Waals surface area contributed by atoms with Gasteiger partial charge < -0.3 is 1.43 Å². The molecule has 1 radical (unpaired) electrons. The third-order valence-corrected chi connectivity index (χ3v) is 2.44. The summed E-state index contributed by atoms with van der Waals surface area (Å²) in [5.41, 5.74) is 0.947. The molecule has 1 aromatic heterocycles. The maximum Gasteiger partial charge on any atom is 1.00 e. The second kappa shape index (κ2) is 5.55. The number of hydrogen-bond acceptors (Lipinski definition) is 4. The average Bonchev–Trinajstić information content (AvgIpc) is 2.47. The zero-order valence-electron chi connectivity index (χ0n) is 8.60. The van der Waals surface area contributed by atoms with Crippen molar-refractivity contribution < 1.29 is 66.3 Å². The van der Waals surface area contributed by atoms with Crippen molar-refractivity contribution in [1.29, 1.82) is 0 Å². The van der Waals surface area contributed by atoms with Crippen LogP contribution in [0.5, 0.6) is 0 Å². The summed E-state index contributed by atoms with van der Waals surface area (Å²) < 4.78 is 30.1. The molecular weight excluding hydrogens is 325 g/mol. The van der Waals surface area contributed by atoms with Crippen LogP contribution in [0.15, 0.2) is 23.1 Å². The van der Waals surface area contributed by atoms with Gasteiger partial charge in [-0.15, -0.1) is 0 Å². The predicted molar refractivity (Wildman–Crippen MR) is 44.8 cm³/mol. The van der Waals surface area contributed by atoms with Crippen molar-refractivity contribution >= 4 is 21.2 Å². The molecule has 9 heteroatoms. The second-order valence-corrected chi connectivity index (χ2v) is 3.87. The van der Waals surface area contributed by atoms with Gasteiger partial charge in [-0.3, -0.25) is 4.55 Å². The van der Waals surface area contributed by atoms with Crippen LogP contribution >= 0.6 is 0 Å². The van der Waals surface area contributed by atoms with Crippen LogP contribution in [0.3, 0.4) is 0 Å². The molecule has 2 aromatic rings. The van der Waals surface area contributed by atoms with E-state index in [0.717, 1.165) is 0 Å². The summed E-state index contributed by atoms with van der Waals surface area (Å²) in [6.07, 6.45) is 0. The van der Waals surface area contributed by atoms with Crippen LogP contribution < -0.4 is 29.6 Å². The quantitative estimate of drug-likeness (QED) is 0.439. The van der Waals surface area contributed by atoms with Crippen molar-refractivity contribution in [1.82, 2.24) is 15.4 Å². The molecule has 0 aliphatic heterocycles. The molecule has 0 amide bonds. The first-order valence-electron chi connectivity index (χ1n) is 3.35. The summed E-state index contributed by atoms with van der Waals surface area (Å²) >= 11 is 0. The van der Waals surface area contributed by atoms with Crippen LogP contribution in [0.2, 0.25) is 0 Å². The molecule has 0 fully saturated rings. The molecule has 6 nitrogen and oxygen atoms in total.